The fourth-order valence-electron chi connectivity index (χ4n) is 1.26. The molecule has 0 aromatic heterocycles. The first-order valence-corrected chi connectivity index (χ1v) is 3.79. The van der Waals surface area contributed by atoms with E-state index in [1.54, 1.807) is 0 Å². The second-order valence-corrected chi connectivity index (χ2v) is 2.78. The topological polar surface area (TPSA) is 40.0 Å². The minimum absolute atomic E-state index is 0.0162. The lowest BCUT2D eigenvalue weighted by atomic mass is 10.2. The van der Waals surface area contributed by atoms with Crippen molar-refractivity contribution in [1.29, 1.82) is 0 Å². The molecule has 0 radical (unpaired) electrons. The number of oxime groups is 1. The van der Waals surface area contributed by atoms with Gasteiger partial charge in [-0.05, 0) is 6.92 Å². The van der Waals surface area contributed by atoms with Gasteiger partial charge in [0.05, 0.1) is 18.9 Å². The van der Waals surface area contributed by atoms with Crippen LogP contribution in [0.1, 0.15) is 13.3 Å². The summed E-state index contributed by atoms with van der Waals surface area (Å²) >= 11 is 0. The first kappa shape index (κ1) is 7.06. The second kappa shape index (κ2) is 2.79. The molecule has 0 N–H and O–H groups in total. The molecular formula is C7H11NO3. The molecule has 0 spiro atoms. The van der Waals surface area contributed by atoms with Gasteiger partial charge in [0.2, 0.25) is 0 Å². The smallest absolute Gasteiger partial charge is 0.197 e. The summed E-state index contributed by atoms with van der Waals surface area (Å²) in [7, 11) is 0. The summed E-state index contributed by atoms with van der Waals surface area (Å²) in [5.41, 5.74) is 1.01. The SMILES string of the molecule is CC1=NOC(C2OCCO2)C1. The van der Waals surface area contributed by atoms with Crippen LogP contribution in [0.5, 0.6) is 0 Å². The molecule has 1 atom stereocenters. The maximum absolute atomic E-state index is 5.26. The van der Waals surface area contributed by atoms with Gasteiger partial charge < -0.3 is 14.3 Å². The van der Waals surface area contributed by atoms with E-state index in [9.17, 15) is 0 Å². The van der Waals surface area contributed by atoms with Gasteiger partial charge in [0.25, 0.3) is 0 Å². The van der Waals surface area contributed by atoms with Crippen LogP contribution in [0, 0.1) is 0 Å². The Morgan fingerprint density at radius 2 is 2.09 bits per heavy atom. The molecular weight excluding hydrogens is 146 g/mol. The Kier molecular flexibility index (Phi) is 1.79. The van der Waals surface area contributed by atoms with Crippen molar-refractivity contribution in [2.75, 3.05) is 13.2 Å². The van der Waals surface area contributed by atoms with Crippen LogP contribution in [-0.2, 0) is 14.3 Å². The van der Waals surface area contributed by atoms with Crippen molar-refractivity contribution < 1.29 is 14.3 Å². The lowest BCUT2D eigenvalue weighted by Gasteiger charge is -2.13. The van der Waals surface area contributed by atoms with E-state index >= 15 is 0 Å². The predicted molar refractivity (Wildman–Crippen MR) is 38.3 cm³/mol. The third-order valence-corrected chi connectivity index (χ3v) is 1.79. The number of rotatable bonds is 1. The third kappa shape index (κ3) is 1.36. The quantitative estimate of drug-likeness (QED) is 0.557. The zero-order valence-corrected chi connectivity index (χ0v) is 6.45. The van der Waals surface area contributed by atoms with Gasteiger partial charge in [-0.25, -0.2) is 0 Å². The van der Waals surface area contributed by atoms with E-state index in [1.807, 2.05) is 6.92 Å². The minimum atomic E-state index is -0.198. The Balaban J connectivity index is 1.88. The van der Waals surface area contributed by atoms with Crippen LogP contribution in [0.4, 0.5) is 0 Å². The summed E-state index contributed by atoms with van der Waals surface area (Å²) in [6.07, 6.45) is 0.610. The van der Waals surface area contributed by atoms with Crippen molar-refractivity contribution in [3.8, 4) is 0 Å². The third-order valence-electron chi connectivity index (χ3n) is 1.79. The molecule has 0 aromatic carbocycles. The first-order valence-electron chi connectivity index (χ1n) is 3.79. The summed E-state index contributed by atoms with van der Waals surface area (Å²) in [5, 5.41) is 3.82. The molecule has 1 saturated heterocycles. The average Bonchev–Trinajstić information content (AvgIpc) is 2.55. The summed E-state index contributed by atoms with van der Waals surface area (Å²) in [5.74, 6) is 0. The zero-order chi connectivity index (χ0) is 7.68. The van der Waals surface area contributed by atoms with E-state index in [2.05, 4.69) is 5.16 Å². The van der Waals surface area contributed by atoms with E-state index in [0.717, 1.165) is 12.1 Å². The molecule has 4 nitrogen and oxygen atoms in total. The molecule has 1 fully saturated rings. The van der Waals surface area contributed by atoms with Crippen molar-refractivity contribution in [1.82, 2.24) is 0 Å². The summed E-state index contributed by atoms with van der Waals surface area (Å²) in [6.45, 7) is 3.28. The van der Waals surface area contributed by atoms with Gasteiger partial charge in [-0.15, -0.1) is 0 Å². The maximum Gasteiger partial charge on any atom is 0.197 e. The van der Waals surface area contributed by atoms with Gasteiger partial charge in [-0.1, -0.05) is 5.16 Å². The Morgan fingerprint density at radius 3 is 2.64 bits per heavy atom. The molecule has 11 heavy (non-hydrogen) atoms. The van der Waals surface area contributed by atoms with E-state index in [1.165, 1.54) is 0 Å². The molecule has 0 amide bonds. The van der Waals surface area contributed by atoms with Gasteiger partial charge in [0, 0.05) is 6.42 Å². The molecule has 0 aliphatic carbocycles. The molecule has 2 rings (SSSR count). The van der Waals surface area contributed by atoms with E-state index < -0.39 is 0 Å². The van der Waals surface area contributed by atoms with Gasteiger partial charge in [-0.2, -0.15) is 0 Å². The van der Waals surface area contributed by atoms with Crippen molar-refractivity contribution in [3.05, 3.63) is 0 Å². The molecule has 2 aliphatic heterocycles. The highest BCUT2D eigenvalue weighted by atomic mass is 16.8. The van der Waals surface area contributed by atoms with Gasteiger partial charge in [0.1, 0.15) is 0 Å². The van der Waals surface area contributed by atoms with Crippen LogP contribution in [0.25, 0.3) is 0 Å². The summed E-state index contributed by atoms with van der Waals surface area (Å²) in [4.78, 5) is 5.09. The fourth-order valence-corrected chi connectivity index (χ4v) is 1.26. The molecule has 1 unspecified atom stereocenters. The number of hydrogen-bond acceptors (Lipinski definition) is 4. The monoisotopic (exact) mass is 157 g/mol. The van der Waals surface area contributed by atoms with Crippen LogP contribution in [0.15, 0.2) is 5.16 Å². The Bertz CT molecular complexity index is 175. The average molecular weight is 157 g/mol. The van der Waals surface area contributed by atoms with Crippen molar-refractivity contribution in [2.24, 2.45) is 5.16 Å². The normalized spacial score (nSPS) is 32.1. The number of nitrogens with zero attached hydrogens (tertiary/aromatic N) is 1. The molecule has 2 heterocycles. The standard InChI is InChI=1S/C7H11NO3/c1-5-4-6(11-8-5)7-9-2-3-10-7/h6-7H,2-4H2,1H3. The van der Waals surface area contributed by atoms with E-state index in [0.29, 0.717) is 13.2 Å². The number of hydrogen-bond donors (Lipinski definition) is 0. The lowest BCUT2D eigenvalue weighted by Crippen LogP contribution is -2.26. The van der Waals surface area contributed by atoms with E-state index in [-0.39, 0.29) is 12.4 Å². The van der Waals surface area contributed by atoms with Crippen LogP contribution in [0.3, 0.4) is 0 Å². The molecule has 0 saturated carbocycles. The molecule has 2 aliphatic rings. The first-order chi connectivity index (χ1) is 5.36. The summed E-state index contributed by atoms with van der Waals surface area (Å²) in [6, 6.07) is 0. The maximum atomic E-state index is 5.26. The highest BCUT2D eigenvalue weighted by Crippen LogP contribution is 2.19. The van der Waals surface area contributed by atoms with Crippen molar-refractivity contribution in [2.45, 2.75) is 25.7 Å². The summed E-state index contributed by atoms with van der Waals surface area (Å²) < 4.78 is 10.5. The highest BCUT2D eigenvalue weighted by Gasteiger charge is 2.32. The highest BCUT2D eigenvalue weighted by molar-refractivity contribution is 5.82. The molecule has 0 bridgehead atoms. The van der Waals surface area contributed by atoms with E-state index in [4.69, 9.17) is 14.3 Å². The Hall–Kier alpha value is -0.610. The van der Waals surface area contributed by atoms with Crippen LogP contribution >= 0.6 is 0 Å². The Morgan fingerprint density at radius 1 is 1.36 bits per heavy atom. The van der Waals surface area contributed by atoms with Crippen LogP contribution in [0.2, 0.25) is 0 Å². The van der Waals surface area contributed by atoms with Crippen molar-refractivity contribution in [3.63, 3.8) is 0 Å². The van der Waals surface area contributed by atoms with Crippen molar-refractivity contribution >= 4 is 5.71 Å². The predicted octanol–water partition coefficient (Wildman–Crippen LogP) is 0.524. The zero-order valence-electron chi connectivity index (χ0n) is 6.45. The van der Waals surface area contributed by atoms with Gasteiger partial charge in [0.15, 0.2) is 12.4 Å². The van der Waals surface area contributed by atoms with Crippen LogP contribution in [-0.4, -0.2) is 31.3 Å². The fraction of sp³-hybridized carbons (Fsp3) is 0.857. The number of ether oxygens (including phenoxy) is 2. The second-order valence-electron chi connectivity index (χ2n) is 2.78. The Labute approximate surface area is 65.1 Å². The van der Waals surface area contributed by atoms with Gasteiger partial charge in [-0.3, -0.25) is 0 Å². The molecule has 0 aromatic rings. The largest absolute Gasteiger partial charge is 0.387 e. The molecule has 62 valence electrons. The van der Waals surface area contributed by atoms with Gasteiger partial charge >= 0.3 is 0 Å². The van der Waals surface area contributed by atoms with Crippen LogP contribution < -0.4 is 0 Å². The lowest BCUT2D eigenvalue weighted by molar-refractivity contribution is -0.132. The minimum Gasteiger partial charge on any atom is -0.387 e. The molecule has 4 heteroatoms.